The van der Waals surface area contributed by atoms with Gasteiger partial charge >= 0.3 is 14.6 Å². The third-order valence-electron chi connectivity index (χ3n) is 5.99. The standard InChI is InChI=1S/C27H56NO5P/c1-5-7-8-9-10-11-12-13-14-15-16-17-18-19-20-22-26(33-27(29)21-6-2)25-32-34(30)31-24-23-28(3)4/h26,30H,5-25H2,1-4H3. The third kappa shape index (κ3) is 24.9. The normalized spacial score (nSPS) is 13.4. The van der Waals surface area contributed by atoms with E-state index in [0.29, 0.717) is 13.0 Å². The summed E-state index contributed by atoms with van der Waals surface area (Å²) in [5.74, 6) is -0.187. The Morgan fingerprint density at radius 3 is 1.74 bits per heavy atom. The van der Waals surface area contributed by atoms with Crippen molar-refractivity contribution in [2.24, 2.45) is 0 Å². The summed E-state index contributed by atoms with van der Waals surface area (Å²) in [5, 5.41) is 0. The van der Waals surface area contributed by atoms with Crippen LogP contribution < -0.4 is 0 Å². The number of hydrogen-bond donors (Lipinski definition) is 1. The van der Waals surface area contributed by atoms with Gasteiger partial charge in [0.2, 0.25) is 0 Å². The molecule has 0 rings (SSSR count). The summed E-state index contributed by atoms with van der Waals surface area (Å²) >= 11 is 0. The highest BCUT2D eigenvalue weighted by Gasteiger charge is 2.17. The van der Waals surface area contributed by atoms with Crippen LogP contribution in [0, 0.1) is 0 Å². The maximum atomic E-state index is 11.9. The molecule has 0 fully saturated rings. The number of unbranched alkanes of at least 4 members (excludes halogenated alkanes) is 14. The summed E-state index contributed by atoms with van der Waals surface area (Å²) in [4.78, 5) is 23.8. The van der Waals surface area contributed by atoms with E-state index in [1.165, 1.54) is 83.5 Å². The van der Waals surface area contributed by atoms with Gasteiger partial charge in [0.25, 0.3) is 0 Å². The summed E-state index contributed by atoms with van der Waals surface area (Å²) < 4.78 is 16.3. The van der Waals surface area contributed by atoms with Crippen molar-refractivity contribution in [1.82, 2.24) is 4.90 Å². The second kappa shape index (κ2) is 25.8. The fourth-order valence-corrected chi connectivity index (χ4v) is 4.46. The van der Waals surface area contributed by atoms with Crippen molar-refractivity contribution >= 4 is 14.6 Å². The lowest BCUT2D eigenvalue weighted by molar-refractivity contribution is -0.151. The SMILES string of the molecule is CCCCCCCCCCCCCCCCCC(COP(O)OCCN(C)C)OC(=O)CCC. The molecule has 0 heterocycles. The number of nitrogens with zero attached hydrogens (tertiary/aromatic N) is 1. The molecule has 0 radical (unpaired) electrons. The Morgan fingerprint density at radius 1 is 0.765 bits per heavy atom. The molecule has 0 aromatic carbocycles. The zero-order valence-electron chi connectivity index (χ0n) is 22.9. The van der Waals surface area contributed by atoms with Crippen molar-refractivity contribution in [3.63, 3.8) is 0 Å². The van der Waals surface area contributed by atoms with E-state index >= 15 is 0 Å². The van der Waals surface area contributed by atoms with Crippen LogP contribution in [0.3, 0.4) is 0 Å². The molecule has 2 unspecified atom stereocenters. The molecule has 0 amide bonds. The van der Waals surface area contributed by atoms with Crippen molar-refractivity contribution in [1.29, 1.82) is 0 Å². The lowest BCUT2D eigenvalue weighted by Crippen LogP contribution is -2.23. The van der Waals surface area contributed by atoms with Gasteiger partial charge in [-0.05, 0) is 33.4 Å². The Balaban J connectivity index is 3.80. The molecule has 204 valence electrons. The van der Waals surface area contributed by atoms with Gasteiger partial charge in [0.05, 0.1) is 13.2 Å². The predicted octanol–water partition coefficient (Wildman–Crippen LogP) is 7.77. The zero-order valence-corrected chi connectivity index (χ0v) is 23.8. The lowest BCUT2D eigenvalue weighted by atomic mass is 10.0. The number of carbonyl (C=O) groups excluding carboxylic acids is 1. The molecule has 6 nitrogen and oxygen atoms in total. The first kappa shape index (κ1) is 33.7. The highest BCUT2D eigenvalue weighted by atomic mass is 31.2. The number of esters is 1. The summed E-state index contributed by atoms with van der Waals surface area (Å²) in [7, 11) is 1.96. The van der Waals surface area contributed by atoms with Crippen molar-refractivity contribution in [2.75, 3.05) is 33.9 Å². The van der Waals surface area contributed by atoms with Gasteiger partial charge in [-0.1, -0.05) is 104 Å². The Labute approximate surface area is 212 Å². The third-order valence-corrected chi connectivity index (χ3v) is 6.77. The maximum absolute atomic E-state index is 11.9. The summed E-state index contributed by atoms with van der Waals surface area (Å²) in [6.07, 6.45) is 21.6. The molecule has 0 aliphatic rings. The number of rotatable bonds is 26. The fraction of sp³-hybridized carbons (Fsp3) is 0.963. The van der Waals surface area contributed by atoms with Crippen molar-refractivity contribution in [2.45, 2.75) is 136 Å². The first-order chi connectivity index (χ1) is 16.5. The van der Waals surface area contributed by atoms with E-state index < -0.39 is 8.60 Å². The number of ether oxygens (including phenoxy) is 1. The number of likely N-dealkylation sites (N-methyl/N-ethyl adjacent to an activating group) is 1. The summed E-state index contributed by atoms with van der Waals surface area (Å²) in [6, 6.07) is 0. The maximum Gasteiger partial charge on any atom is 0.330 e. The van der Waals surface area contributed by atoms with Gasteiger partial charge in [-0.15, -0.1) is 0 Å². The minimum atomic E-state index is -1.93. The summed E-state index contributed by atoms with van der Waals surface area (Å²) in [5.41, 5.74) is 0. The van der Waals surface area contributed by atoms with Crippen LogP contribution >= 0.6 is 8.60 Å². The van der Waals surface area contributed by atoms with Gasteiger partial charge in [-0.3, -0.25) is 4.79 Å². The largest absolute Gasteiger partial charge is 0.460 e. The Hall–Kier alpha value is -0.260. The predicted molar refractivity (Wildman–Crippen MR) is 144 cm³/mol. The van der Waals surface area contributed by atoms with E-state index in [1.807, 2.05) is 25.9 Å². The molecular formula is C27H56NO5P. The molecule has 2 atom stereocenters. The molecule has 1 N–H and O–H groups in total. The van der Waals surface area contributed by atoms with E-state index in [2.05, 4.69) is 6.92 Å². The van der Waals surface area contributed by atoms with Crippen LogP contribution in [0.25, 0.3) is 0 Å². The number of carbonyl (C=O) groups is 1. The fourth-order valence-electron chi connectivity index (χ4n) is 3.85. The summed E-state index contributed by atoms with van der Waals surface area (Å²) in [6.45, 7) is 5.56. The zero-order chi connectivity index (χ0) is 25.3. The van der Waals surface area contributed by atoms with Gasteiger partial charge in [0, 0.05) is 13.0 Å². The lowest BCUT2D eigenvalue weighted by Gasteiger charge is -2.20. The molecule has 0 aliphatic heterocycles. The smallest absolute Gasteiger partial charge is 0.330 e. The van der Waals surface area contributed by atoms with E-state index in [0.717, 1.165) is 32.2 Å². The van der Waals surface area contributed by atoms with Crippen molar-refractivity contribution in [3.8, 4) is 0 Å². The van der Waals surface area contributed by atoms with Crippen LogP contribution in [0.2, 0.25) is 0 Å². The highest BCUT2D eigenvalue weighted by molar-refractivity contribution is 7.40. The molecule has 0 aliphatic carbocycles. The Kier molecular flexibility index (Phi) is 25.6. The van der Waals surface area contributed by atoms with Gasteiger partial charge in [0.1, 0.15) is 6.10 Å². The van der Waals surface area contributed by atoms with Crippen LogP contribution in [0.5, 0.6) is 0 Å². The highest BCUT2D eigenvalue weighted by Crippen LogP contribution is 2.33. The molecular weight excluding hydrogens is 449 g/mol. The Morgan fingerprint density at radius 2 is 1.26 bits per heavy atom. The second-order valence-electron chi connectivity index (χ2n) is 9.77. The van der Waals surface area contributed by atoms with Crippen molar-refractivity contribution < 1.29 is 23.5 Å². The van der Waals surface area contributed by atoms with Crippen LogP contribution in [0.15, 0.2) is 0 Å². The quantitative estimate of drug-likeness (QED) is 0.0735. The van der Waals surface area contributed by atoms with Gasteiger partial charge in [-0.25, -0.2) is 0 Å². The minimum absolute atomic E-state index is 0.187. The molecule has 0 bridgehead atoms. The Bertz CT molecular complexity index is 439. The molecule has 0 spiro atoms. The van der Waals surface area contributed by atoms with Crippen LogP contribution in [-0.4, -0.2) is 55.7 Å². The van der Waals surface area contributed by atoms with Crippen LogP contribution in [-0.2, 0) is 18.6 Å². The topological polar surface area (TPSA) is 68.2 Å². The molecule has 0 saturated carbocycles. The average molecular weight is 506 g/mol. The molecule has 7 heteroatoms. The van der Waals surface area contributed by atoms with Gasteiger partial charge in [0.15, 0.2) is 0 Å². The van der Waals surface area contributed by atoms with E-state index in [-0.39, 0.29) is 18.7 Å². The molecule has 0 aromatic rings. The van der Waals surface area contributed by atoms with Crippen LogP contribution in [0.4, 0.5) is 0 Å². The van der Waals surface area contributed by atoms with Gasteiger partial charge < -0.3 is 23.6 Å². The minimum Gasteiger partial charge on any atom is -0.460 e. The van der Waals surface area contributed by atoms with Crippen LogP contribution in [0.1, 0.15) is 129 Å². The van der Waals surface area contributed by atoms with E-state index in [4.69, 9.17) is 13.8 Å². The van der Waals surface area contributed by atoms with E-state index in [1.54, 1.807) is 0 Å². The van der Waals surface area contributed by atoms with Crippen molar-refractivity contribution in [3.05, 3.63) is 0 Å². The van der Waals surface area contributed by atoms with Gasteiger partial charge in [-0.2, -0.15) is 0 Å². The first-order valence-corrected chi connectivity index (χ1v) is 15.2. The molecule has 0 aromatic heterocycles. The monoisotopic (exact) mass is 505 g/mol. The second-order valence-corrected chi connectivity index (χ2v) is 10.8. The van der Waals surface area contributed by atoms with E-state index in [9.17, 15) is 9.69 Å². The molecule has 0 saturated heterocycles. The average Bonchev–Trinajstić information content (AvgIpc) is 2.79. The first-order valence-electron chi connectivity index (χ1n) is 14.1. The molecule has 34 heavy (non-hydrogen) atoms. The number of hydrogen-bond acceptors (Lipinski definition) is 6.